The lowest BCUT2D eigenvalue weighted by atomic mass is 9.78. The van der Waals surface area contributed by atoms with Gasteiger partial charge in [-0.1, -0.05) is 18.2 Å². The Morgan fingerprint density at radius 3 is 2.69 bits per heavy atom. The van der Waals surface area contributed by atoms with Crippen LogP contribution in [0.3, 0.4) is 0 Å². The molecule has 26 heavy (non-hydrogen) atoms. The predicted octanol–water partition coefficient (Wildman–Crippen LogP) is 1.81. The Balaban J connectivity index is 1.49. The first-order chi connectivity index (χ1) is 12.6. The van der Waals surface area contributed by atoms with Gasteiger partial charge in [-0.15, -0.1) is 0 Å². The molecule has 6 heteroatoms. The first-order valence-corrected chi connectivity index (χ1v) is 9.37. The molecule has 2 fully saturated rings. The molecule has 2 aromatic rings. The molecule has 0 bridgehead atoms. The smallest absolute Gasteiger partial charge is 0.242 e. The third kappa shape index (κ3) is 2.14. The summed E-state index contributed by atoms with van der Waals surface area (Å²) in [6.45, 7) is 1.35. The molecule has 2 aliphatic heterocycles. The summed E-state index contributed by atoms with van der Waals surface area (Å²) in [5.41, 5.74) is 3.03. The van der Waals surface area contributed by atoms with Crippen molar-refractivity contribution in [2.75, 3.05) is 19.6 Å². The van der Waals surface area contributed by atoms with Crippen LogP contribution in [-0.4, -0.2) is 52.1 Å². The van der Waals surface area contributed by atoms with Crippen molar-refractivity contribution in [2.45, 2.75) is 31.6 Å². The monoisotopic (exact) mass is 351 g/mol. The van der Waals surface area contributed by atoms with Gasteiger partial charge in [-0.2, -0.15) is 0 Å². The number of amides is 3. The van der Waals surface area contributed by atoms with E-state index in [1.165, 1.54) is 4.90 Å². The standard InChI is InChI=1S/C20H21N3O3/c24-16(22-9-3-4-10-22)11-23-19(25)13-7-8-15-17(18(13)20(23)26)12-5-1-2-6-14(12)21-15/h1-2,5-6,13,18,21H,3-4,7-11H2/t13-,18-/m0/s1. The van der Waals surface area contributed by atoms with E-state index in [2.05, 4.69) is 4.98 Å². The van der Waals surface area contributed by atoms with Crippen LogP contribution in [0.5, 0.6) is 0 Å². The second-order valence-corrected chi connectivity index (χ2v) is 7.54. The highest BCUT2D eigenvalue weighted by molar-refractivity contribution is 6.11. The number of aryl methyl sites for hydroxylation is 1. The van der Waals surface area contributed by atoms with Crippen LogP contribution < -0.4 is 0 Å². The lowest BCUT2D eigenvalue weighted by Crippen LogP contribution is -2.42. The highest BCUT2D eigenvalue weighted by Gasteiger charge is 2.52. The van der Waals surface area contributed by atoms with Crippen LogP contribution in [0, 0.1) is 5.92 Å². The van der Waals surface area contributed by atoms with Crippen molar-refractivity contribution in [2.24, 2.45) is 5.92 Å². The maximum Gasteiger partial charge on any atom is 0.242 e. The van der Waals surface area contributed by atoms with E-state index < -0.39 is 5.92 Å². The summed E-state index contributed by atoms with van der Waals surface area (Å²) in [6.07, 6.45) is 3.41. The third-order valence-corrected chi connectivity index (χ3v) is 6.11. The molecule has 0 saturated carbocycles. The van der Waals surface area contributed by atoms with Crippen LogP contribution in [0.4, 0.5) is 0 Å². The number of nitrogens with one attached hydrogen (secondary N) is 1. The number of carbonyl (C=O) groups excluding carboxylic acids is 3. The number of likely N-dealkylation sites (tertiary alicyclic amines) is 2. The highest BCUT2D eigenvalue weighted by atomic mass is 16.2. The molecule has 134 valence electrons. The number of benzene rings is 1. The number of rotatable bonds is 2. The van der Waals surface area contributed by atoms with Gasteiger partial charge < -0.3 is 9.88 Å². The summed E-state index contributed by atoms with van der Waals surface area (Å²) in [4.78, 5) is 44.9. The van der Waals surface area contributed by atoms with Gasteiger partial charge in [0.05, 0.1) is 11.8 Å². The fourth-order valence-electron chi connectivity index (χ4n) is 4.84. The van der Waals surface area contributed by atoms with Gasteiger partial charge in [0.1, 0.15) is 6.54 Å². The summed E-state index contributed by atoms with van der Waals surface area (Å²) in [6, 6.07) is 7.92. The fourth-order valence-corrected chi connectivity index (χ4v) is 4.84. The summed E-state index contributed by atoms with van der Waals surface area (Å²) < 4.78 is 0. The summed E-state index contributed by atoms with van der Waals surface area (Å²) >= 11 is 0. The first-order valence-electron chi connectivity index (χ1n) is 9.37. The zero-order valence-electron chi connectivity index (χ0n) is 14.5. The second-order valence-electron chi connectivity index (χ2n) is 7.54. The molecule has 1 aliphatic carbocycles. The van der Waals surface area contributed by atoms with Gasteiger partial charge in [0.25, 0.3) is 0 Å². The lowest BCUT2D eigenvalue weighted by Gasteiger charge is -2.21. The van der Waals surface area contributed by atoms with E-state index in [0.717, 1.165) is 54.5 Å². The molecule has 1 N–H and O–H groups in total. The summed E-state index contributed by atoms with van der Waals surface area (Å²) in [5, 5.41) is 1.02. The number of aromatic amines is 1. The minimum absolute atomic E-state index is 0.109. The quantitative estimate of drug-likeness (QED) is 0.839. The van der Waals surface area contributed by atoms with Crippen molar-refractivity contribution in [3.05, 3.63) is 35.5 Å². The van der Waals surface area contributed by atoms with E-state index in [9.17, 15) is 14.4 Å². The maximum absolute atomic E-state index is 13.1. The Kier molecular flexibility index (Phi) is 3.42. The van der Waals surface area contributed by atoms with E-state index in [4.69, 9.17) is 0 Å². The molecule has 3 aliphatic rings. The van der Waals surface area contributed by atoms with Gasteiger partial charge >= 0.3 is 0 Å². The molecular formula is C20H21N3O3. The predicted molar refractivity (Wildman–Crippen MR) is 95.4 cm³/mol. The fraction of sp³-hybridized carbons (Fsp3) is 0.450. The second kappa shape index (κ2) is 5.69. The Labute approximate surface area is 151 Å². The van der Waals surface area contributed by atoms with E-state index in [0.29, 0.717) is 6.42 Å². The van der Waals surface area contributed by atoms with Crippen LogP contribution in [-0.2, 0) is 20.8 Å². The molecule has 0 spiro atoms. The summed E-state index contributed by atoms with van der Waals surface area (Å²) in [5.74, 6) is -1.28. The molecule has 2 atom stereocenters. The molecule has 3 amide bonds. The van der Waals surface area contributed by atoms with Gasteiger partial charge in [-0.3, -0.25) is 19.3 Å². The summed E-state index contributed by atoms with van der Waals surface area (Å²) in [7, 11) is 0. The average molecular weight is 351 g/mol. The van der Waals surface area contributed by atoms with Crippen molar-refractivity contribution in [1.29, 1.82) is 0 Å². The van der Waals surface area contributed by atoms with Gasteiger partial charge in [0.15, 0.2) is 0 Å². The minimum Gasteiger partial charge on any atom is -0.358 e. The third-order valence-electron chi connectivity index (χ3n) is 6.11. The highest BCUT2D eigenvalue weighted by Crippen LogP contribution is 2.45. The molecule has 0 unspecified atom stereocenters. The van der Waals surface area contributed by atoms with Crippen molar-refractivity contribution in [1.82, 2.24) is 14.8 Å². The van der Waals surface area contributed by atoms with E-state index in [-0.39, 0.29) is 30.2 Å². The number of carbonyl (C=O) groups is 3. The van der Waals surface area contributed by atoms with Gasteiger partial charge in [-0.25, -0.2) is 0 Å². The zero-order chi connectivity index (χ0) is 17.8. The van der Waals surface area contributed by atoms with E-state index in [1.807, 2.05) is 24.3 Å². The number of nitrogens with zero attached hydrogens (tertiary/aromatic N) is 2. The number of para-hydroxylation sites is 1. The van der Waals surface area contributed by atoms with Gasteiger partial charge in [-0.05, 0) is 37.3 Å². The Morgan fingerprint density at radius 1 is 1.12 bits per heavy atom. The van der Waals surface area contributed by atoms with Crippen LogP contribution >= 0.6 is 0 Å². The number of aromatic nitrogens is 1. The molecule has 2 saturated heterocycles. The van der Waals surface area contributed by atoms with Gasteiger partial charge in [0, 0.05) is 29.7 Å². The zero-order valence-corrected chi connectivity index (χ0v) is 14.5. The normalized spacial score (nSPS) is 25.1. The topological polar surface area (TPSA) is 73.5 Å². The van der Waals surface area contributed by atoms with E-state index in [1.54, 1.807) is 4.90 Å². The molecule has 5 rings (SSSR count). The molecule has 1 aromatic carbocycles. The number of hydrogen-bond donors (Lipinski definition) is 1. The number of fused-ring (bicyclic) bond motifs is 5. The Hall–Kier alpha value is -2.63. The van der Waals surface area contributed by atoms with Crippen molar-refractivity contribution in [3.63, 3.8) is 0 Å². The first kappa shape index (κ1) is 15.6. The largest absolute Gasteiger partial charge is 0.358 e. The Morgan fingerprint density at radius 2 is 1.88 bits per heavy atom. The molecule has 6 nitrogen and oxygen atoms in total. The van der Waals surface area contributed by atoms with E-state index >= 15 is 0 Å². The van der Waals surface area contributed by atoms with Crippen LogP contribution in [0.2, 0.25) is 0 Å². The molecule has 1 aromatic heterocycles. The lowest BCUT2D eigenvalue weighted by molar-refractivity contribution is -0.145. The molecule has 3 heterocycles. The van der Waals surface area contributed by atoms with Crippen LogP contribution in [0.1, 0.15) is 36.4 Å². The Bertz CT molecular complexity index is 926. The maximum atomic E-state index is 13.1. The number of imide groups is 1. The number of H-pyrrole nitrogens is 1. The molecular weight excluding hydrogens is 330 g/mol. The van der Waals surface area contributed by atoms with Crippen LogP contribution in [0.25, 0.3) is 10.9 Å². The SMILES string of the molecule is O=C(CN1C(=O)[C@H]2CCc3[nH]c4ccccc4c3[C@H]2C1=O)N1CCCC1. The van der Waals surface area contributed by atoms with Crippen molar-refractivity contribution >= 4 is 28.6 Å². The van der Waals surface area contributed by atoms with Crippen molar-refractivity contribution in [3.8, 4) is 0 Å². The average Bonchev–Trinajstić information content (AvgIpc) is 3.35. The minimum atomic E-state index is -0.450. The number of hydrogen-bond acceptors (Lipinski definition) is 3. The molecule has 0 radical (unpaired) electrons. The van der Waals surface area contributed by atoms with Crippen LogP contribution in [0.15, 0.2) is 24.3 Å². The van der Waals surface area contributed by atoms with Crippen molar-refractivity contribution < 1.29 is 14.4 Å². The van der Waals surface area contributed by atoms with Gasteiger partial charge in [0.2, 0.25) is 17.7 Å².